The van der Waals surface area contributed by atoms with Crippen molar-refractivity contribution in [2.45, 2.75) is 33.1 Å². The summed E-state index contributed by atoms with van der Waals surface area (Å²) in [5.74, 6) is 0.682. The Morgan fingerprint density at radius 1 is 0.854 bits per heavy atom. The maximum atomic E-state index is 13.6. The lowest BCUT2D eigenvalue weighted by molar-refractivity contribution is 0.0526. The van der Waals surface area contributed by atoms with Gasteiger partial charge in [0.2, 0.25) is 5.95 Å². The molecule has 8 nitrogen and oxygen atoms in total. The van der Waals surface area contributed by atoms with Crippen LogP contribution in [-0.2, 0) is 10.2 Å². The molecular formula is C38H32Cl2N4O4. The van der Waals surface area contributed by atoms with Gasteiger partial charge in [-0.3, -0.25) is 19.7 Å². The molecule has 1 amide bonds. The molecule has 0 bridgehead atoms. The van der Waals surface area contributed by atoms with E-state index in [1.54, 1.807) is 72.4 Å². The first-order chi connectivity index (χ1) is 23.0. The first-order valence-corrected chi connectivity index (χ1v) is 16.1. The number of hydrogen-bond acceptors (Lipinski definition) is 6. The lowest BCUT2D eigenvalue weighted by atomic mass is 9.87. The Kier molecular flexibility index (Phi) is 9.22. The number of nitrogens with one attached hydrogen (secondary N) is 1. The van der Waals surface area contributed by atoms with Crippen LogP contribution in [0.15, 0.2) is 103 Å². The highest BCUT2D eigenvalue weighted by Crippen LogP contribution is 2.33. The number of nitrogens with zero attached hydrogens (tertiary/aromatic N) is 3. The molecule has 6 aromatic rings. The van der Waals surface area contributed by atoms with Crippen LogP contribution >= 0.6 is 23.2 Å². The van der Waals surface area contributed by atoms with Gasteiger partial charge in [0.05, 0.1) is 22.9 Å². The largest absolute Gasteiger partial charge is 0.462 e. The van der Waals surface area contributed by atoms with E-state index in [0.717, 1.165) is 10.8 Å². The Bertz CT molecular complexity index is 2140. The number of anilines is 1. The summed E-state index contributed by atoms with van der Waals surface area (Å²) in [5, 5.41) is 5.42. The van der Waals surface area contributed by atoms with Gasteiger partial charge in [0.25, 0.3) is 5.91 Å². The summed E-state index contributed by atoms with van der Waals surface area (Å²) in [5.41, 5.74) is 3.62. The van der Waals surface area contributed by atoms with E-state index < -0.39 is 11.9 Å². The van der Waals surface area contributed by atoms with E-state index in [1.807, 2.05) is 30.3 Å². The molecule has 0 aliphatic rings. The smallest absolute Gasteiger partial charge is 0.338 e. The zero-order chi connectivity index (χ0) is 34.0. The normalized spacial score (nSPS) is 11.4. The van der Waals surface area contributed by atoms with E-state index in [0.29, 0.717) is 44.1 Å². The van der Waals surface area contributed by atoms with Gasteiger partial charge in [0.1, 0.15) is 17.2 Å². The summed E-state index contributed by atoms with van der Waals surface area (Å²) >= 11 is 12.6. The Morgan fingerprint density at radius 3 is 2.27 bits per heavy atom. The summed E-state index contributed by atoms with van der Waals surface area (Å²) < 4.78 is 12.9. The molecule has 0 saturated heterocycles. The number of carbonyl (C=O) groups excluding carboxylic acids is 2. The van der Waals surface area contributed by atoms with Crippen molar-refractivity contribution in [2.75, 3.05) is 11.9 Å². The lowest BCUT2D eigenvalue weighted by Crippen LogP contribution is -2.16. The van der Waals surface area contributed by atoms with Crippen molar-refractivity contribution < 1.29 is 19.1 Å². The lowest BCUT2D eigenvalue weighted by Gasteiger charge is -2.19. The molecule has 10 heteroatoms. The second kappa shape index (κ2) is 13.5. The topological polar surface area (TPSA) is 95.3 Å². The highest BCUT2D eigenvalue weighted by Gasteiger charge is 2.19. The fourth-order valence-electron chi connectivity index (χ4n) is 5.10. The zero-order valence-electron chi connectivity index (χ0n) is 26.8. The summed E-state index contributed by atoms with van der Waals surface area (Å²) in [6, 6.07) is 27.3. The molecule has 0 fully saturated rings. The van der Waals surface area contributed by atoms with E-state index in [1.165, 1.54) is 5.56 Å². The third kappa shape index (κ3) is 7.20. The SMILES string of the molecule is CCOC(=O)c1ccc(-n2cc(-c3ccc(Cl)cc3Cl)nc2NC(=O)c2cc3cc(Oc4ccc(C(C)(C)C)cc4)ccc3cn2)cc1. The van der Waals surface area contributed by atoms with E-state index in [4.69, 9.17) is 37.7 Å². The molecular weight excluding hydrogens is 647 g/mol. The molecule has 0 radical (unpaired) electrons. The van der Waals surface area contributed by atoms with Gasteiger partial charge < -0.3 is 9.47 Å². The van der Waals surface area contributed by atoms with Crippen molar-refractivity contribution in [2.24, 2.45) is 0 Å². The fourth-order valence-corrected chi connectivity index (χ4v) is 5.60. The minimum atomic E-state index is -0.468. The molecule has 0 spiro atoms. The van der Waals surface area contributed by atoms with E-state index >= 15 is 0 Å². The second-order valence-corrected chi connectivity index (χ2v) is 13.0. The van der Waals surface area contributed by atoms with Crippen molar-refractivity contribution in [3.8, 4) is 28.4 Å². The van der Waals surface area contributed by atoms with E-state index in [-0.39, 0.29) is 23.7 Å². The van der Waals surface area contributed by atoms with Crippen LogP contribution < -0.4 is 10.1 Å². The Morgan fingerprint density at radius 2 is 1.58 bits per heavy atom. The summed E-state index contributed by atoms with van der Waals surface area (Å²) in [6.45, 7) is 8.52. The van der Waals surface area contributed by atoms with Gasteiger partial charge in [-0.15, -0.1) is 0 Å². The van der Waals surface area contributed by atoms with Gasteiger partial charge in [0.15, 0.2) is 0 Å². The fraction of sp³-hybridized carbons (Fsp3) is 0.158. The Balaban J connectivity index is 1.29. The van der Waals surface area contributed by atoms with Crippen molar-refractivity contribution in [3.63, 3.8) is 0 Å². The molecule has 0 saturated carbocycles. The number of pyridine rings is 1. The summed E-state index contributed by atoms with van der Waals surface area (Å²) in [4.78, 5) is 35.0. The van der Waals surface area contributed by atoms with Crippen LogP contribution in [-0.4, -0.2) is 33.0 Å². The van der Waals surface area contributed by atoms with Crippen LogP contribution in [0.5, 0.6) is 11.5 Å². The van der Waals surface area contributed by atoms with Crippen LogP contribution in [0.4, 0.5) is 5.95 Å². The zero-order valence-corrected chi connectivity index (χ0v) is 28.3. The number of hydrogen-bond donors (Lipinski definition) is 1. The van der Waals surface area contributed by atoms with Crippen LogP contribution in [0.3, 0.4) is 0 Å². The number of rotatable bonds is 8. The standard InChI is InChI=1S/C38H32Cl2N4O4/c1-5-47-36(46)23-6-12-28(13-7-23)44-22-34(31-17-11-27(39)20-32(31)40)42-37(44)43-35(45)33-19-25-18-30(14-8-24(25)21-41-33)48-29-15-9-26(10-16-29)38(2,3)4/h6-22H,5H2,1-4H3,(H,42,43,45). The van der Waals surface area contributed by atoms with Gasteiger partial charge >= 0.3 is 5.97 Å². The Labute approximate surface area is 288 Å². The third-order valence-electron chi connectivity index (χ3n) is 7.68. The van der Waals surface area contributed by atoms with Crippen molar-refractivity contribution in [1.82, 2.24) is 14.5 Å². The minimum absolute atomic E-state index is 0.0435. The first kappa shape index (κ1) is 32.7. The average Bonchev–Trinajstić information content (AvgIpc) is 3.47. The number of esters is 1. The van der Waals surface area contributed by atoms with Gasteiger partial charge in [-0.25, -0.2) is 9.78 Å². The molecule has 242 valence electrons. The highest BCUT2D eigenvalue weighted by atomic mass is 35.5. The van der Waals surface area contributed by atoms with Crippen LogP contribution in [0.1, 0.15) is 54.1 Å². The first-order valence-electron chi connectivity index (χ1n) is 15.3. The number of amides is 1. The molecule has 0 aliphatic heterocycles. The number of carbonyl (C=O) groups is 2. The molecule has 2 aromatic heterocycles. The van der Waals surface area contributed by atoms with Crippen LogP contribution in [0.2, 0.25) is 10.0 Å². The van der Waals surface area contributed by atoms with Crippen molar-refractivity contribution >= 4 is 51.8 Å². The number of fused-ring (bicyclic) bond motifs is 1. The molecule has 0 aliphatic carbocycles. The molecule has 2 heterocycles. The number of halogens is 2. The monoisotopic (exact) mass is 678 g/mol. The summed E-state index contributed by atoms with van der Waals surface area (Å²) in [6.07, 6.45) is 3.39. The van der Waals surface area contributed by atoms with Gasteiger partial charge in [-0.05, 0) is 102 Å². The third-order valence-corrected chi connectivity index (χ3v) is 8.22. The molecule has 1 N–H and O–H groups in total. The van der Waals surface area contributed by atoms with Gasteiger partial charge in [-0.2, -0.15) is 0 Å². The maximum absolute atomic E-state index is 13.6. The predicted molar refractivity (Wildman–Crippen MR) is 190 cm³/mol. The van der Waals surface area contributed by atoms with Crippen LogP contribution in [0.25, 0.3) is 27.7 Å². The van der Waals surface area contributed by atoms with Gasteiger partial charge in [0, 0.05) is 34.1 Å². The van der Waals surface area contributed by atoms with Crippen molar-refractivity contribution in [3.05, 3.63) is 130 Å². The molecule has 48 heavy (non-hydrogen) atoms. The number of aromatic nitrogens is 3. The number of ether oxygens (including phenoxy) is 2. The maximum Gasteiger partial charge on any atom is 0.338 e. The Hall–Kier alpha value is -5.18. The van der Waals surface area contributed by atoms with Gasteiger partial charge in [-0.1, -0.05) is 56.1 Å². The van der Waals surface area contributed by atoms with Crippen LogP contribution in [0, 0.1) is 0 Å². The van der Waals surface area contributed by atoms with E-state index in [2.05, 4.69) is 43.2 Å². The number of imidazole rings is 1. The van der Waals surface area contributed by atoms with Crippen molar-refractivity contribution in [1.29, 1.82) is 0 Å². The minimum Gasteiger partial charge on any atom is -0.462 e. The molecule has 0 atom stereocenters. The predicted octanol–water partition coefficient (Wildman–Crippen LogP) is 9.91. The number of benzene rings is 4. The highest BCUT2D eigenvalue weighted by molar-refractivity contribution is 6.36. The van der Waals surface area contributed by atoms with E-state index in [9.17, 15) is 9.59 Å². The molecule has 4 aromatic carbocycles. The second-order valence-electron chi connectivity index (χ2n) is 12.1. The molecule has 0 unspecified atom stereocenters. The summed E-state index contributed by atoms with van der Waals surface area (Å²) in [7, 11) is 0. The molecule has 6 rings (SSSR count). The average molecular weight is 680 g/mol. The quantitative estimate of drug-likeness (QED) is 0.161.